The summed E-state index contributed by atoms with van der Waals surface area (Å²) in [4.78, 5) is 11.9. The van der Waals surface area contributed by atoms with Gasteiger partial charge >= 0.3 is 0 Å². The second-order valence-electron chi connectivity index (χ2n) is 4.88. The number of nitrogens with one attached hydrogen (secondary N) is 2. The van der Waals surface area contributed by atoms with Crippen molar-refractivity contribution >= 4 is 5.91 Å². The Hall–Kier alpha value is -1.43. The highest BCUT2D eigenvalue weighted by Crippen LogP contribution is 2.33. The van der Waals surface area contributed by atoms with Crippen molar-refractivity contribution in [2.45, 2.75) is 31.8 Å². The first kappa shape index (κ1) is 10.7. The van der Waals surface area contributed by atoms with E-state index in [2.05, 4.69) is 27.9 Å². The molecule has 1 saturated heterocycles. The van der Waals surface area contributed by atoms with E-state index in [-0.39, 0.29) is 5.91 Å². The Morgan fingerprint density at radius 2 is 2.47 bits per heavy atom. The highest BCUT2D eigenvalue weighted by Gasteiger charge is 2.37. The smallest absolute Gasteiger partial charge is 0.273 e. The number of carbonyl (C=O) groups excluding carboxylic acids is 1. The first-order valence-corrected chi connectivity index (χ1v) is 6.21. The molecule has 6 nitrogen and oxygen atoms in total. The third kappa shape index (κ3) is 2.04. The lowest BCUT2D eigenvalue weighted by Crippen LogP contribution is -2.43. The molecule has 1 aromatic rings. The Morgan fingerprint density at radius 3 is 3.06 bits per heavy atom. The molecule has 92 valence electrons. The zero-order valence-electron chi connectivity index (χ0n) is 9.89. The third-order valence-corrected chi connectivity index (χ3v) is 3.64. The van der Waals surface area contributed by atoms with Crippen molar-refractivity contribution in [3.05, 3.63) is 11.9 Å². The molecule has 2 heterocycles. The van der Waals surface area contributed by atoms with E-state index in [1.807, 2.05) is 0 Å². The predicted octanol–water partition coefficient (Wildman–Crippen LogP) is -0.0493. The molecule has 6 heteroatoms. The van der Waals surface area contributed by atoms with Crippen LogP contribution in [-0.2, 0) is 0 Å². The number of nitrogens with zero attached hydrogens (tertiary/aromatic N) is 3. The number of amides is 1. The van der Waals surface area contributed by atoms with Crippen LogP contribution in [0.1, 0.15) is 36.3 Å². The van der Waals surface area contributed by atoms with Crippen LogP contribution in [-0.4, -0.2) is 40.0 Å². The van der Waals surface area contributed by atoms with Crippen LogP contribution in [0, 0.1) is 5.92 Å². The lowest BCUT2D eigenvalue weighted by molar-refractivity contribution is 0.0944. The molecule has 2 fully saturated rings. The maximum Gasteiger partial charge on any atom is 0.273 e. The van der Waals surface area contributed by atoms with E-state index >= 15 is 0 Å². The monoisotopic (exact) mass is 235 g/mol. The first-order chi connectivity index (χ1) is 8.28. The fourth-order valence-corrected chi connectivity index (χ4v) is 2.14. The number of aromatic nitrogens is 3. The van der Waals surface area contributed by atoms with Gasteiger partial charge in [0, 0.05) is 19.1 Å². The topological polar surface area (TPSA) is 71.8 Å². The predicted molar refractivity (Wildman–Crippen MR) is 61.6 cm³/mol. The van der Waals surface area contributed by atoms with Crippen molar-refractivity contribution in [1.29, 1.82) is 0 Å². The van der Waals surface area contributed by atoms with Crippen LogP contribution in [0.15, 0.2) is 6.20 Å². The van der Waals surface area contributed by atoms with Crippen molar-refractivity contribution in [2.75, 3.05) is 13.1 Å². The number of hydrogen-bond acceptors (Lipinski definition) is 4. The van der Waals surface area contributed by atoms with Gasteiger partial charge in [0.1, 0.15) is 0 Å². The summed E-state index contributed by atoms with van der Waals surface area (Å²) >= 11 is 0. The van der Waals surface area contributed by atoms with E-state index in [1.54, 1.807) is 10.9 Å². The van der Waals surface area contributed by atoms with Crippen LogP contribution in [0.5, 0.6) is 0 Å². The minimum atomic E-state index is -0.0931. The quantitative estimate of drug-likeness (QED) is 0.767. The summed E-state index contributed by atoms with van der Waals surface area (Å²) in [5.41, 5.74) is 0.429. The maximum atomic E-state index is 11.9. The first-order valence-electron chi connectivity index (χ1n) is 6.21. The summed E-state index contributed by atoms with van der Waals surface area (Å²) in [6.45, 7) is 3.96. The van der Waals surface area contributed by atoms with Crippen LogP contribution in [0.2, 0.25) is 0 Å². The average Bonchev–Trinajstić information content (AvgIpc) is 2.81. The van der Waals surface area contributed by atoms with Crippen molar-refractivity contribution < 1.29 is 4.79 Å². The number of hydrogen-bond donors (Lipinski definition) is 2. The van der Waals surface area contributed by atoms with Crippen LogP contribution >= 0.6 is 0 Å². The summed E-state index contributed by atoms with van der Waals surface area (Å²) in [5, 5.41) is 14.1. The fraction of sp³-hybridized carbons (Fsp3) is 0.727. The Balaban J connectivity index is 1.59. The van der Waals surface area contributed by atoms with Crippen molar-refractivity contribution in [2.24, 2.45) is 5.92 Å². The summed E-state index contributed by atoms with van der Waals surface area (Å²) < 4.78 is 1.77. The molecule has 2 unspecified atom stereocenters. The van der Waals surface area contributed by atoms with Gasteiger partial charge < -0.3 is 10.6 Å². The van der Waals surface area contributed by atoms with Gasteiger partial charge in [-0.25, -0.2) is 4.68 Å². The second-order valence-corrected chi connectivity index (χ2v) is 4.88. The van der Waals surface area contributed by atoms with Gasteiger partial charge in [0.2, 0.25) is 0 Å². The van der Waals surface area contributed by atoms with E-state index < -0.39 is 0 Å². The van der Waals surface area contributed by atoms with Gasteiger partial charge in [0.15, 0.2) is 5.69 Å². The summed E-state index contributed by atoms with van der Waals surface area (Å²) in [6.07, 6.45) is 3.97. The number of rotatable bonds is 4. The molecule has 1 saturated carbocycles. The molecule has 1 aliphatic heterocycles. The maximum absolute atomic E-state index is 11.9. The lowest BCUT2D eigenvalue weighted by atomic mass is 10.2. The molecule has 1 amide bonds. The van der Waals surface area contributed by atoms with E-state index in [0.29, 0.717) is 23.7 Å². The van der Waals surface area contributed by atoms with E-state index in [1.165, 1.54) is 0 Å². The molecule has 1 aromatic heterocycles. The minimum Gasteiger partial charge on any atom is -0.348 e. The van der Waals surface area contributed by atoms with Gasteiger partial charge in [-0.05, 0) is 12.3 Å². The summed E-state index contributed by atoms with van der Waals surface area (Å²) in [7, 11) is 0. The van der Waals surface area contributed by atoms with Crippen molar-refractivity contribution in [3.63, 3.8) is 0 Å². The Morgan fingerprint density at radius 1 is 1.65 bits per heavy atom. The molecule has 2 atom stereocenters. The zero-order chi connectivity index (χ0) is 11.8. The highest BCUT2D eigenvalue weighted by molar-refractivity contribution is 5.92. The zero-order valence-corrected chi connectivity index (χ0v) is 9.89. The normalized spacial score (nSPS) is 27.6. The van der Waals surface area contributed by atoms with Gasteiger partial charge in [0.25, 0.3) is 5.91 Å². The third-order valence-electron chi connectivity index (χ3n) is 3.64. The van der Waals surface area contributed by atoms with Gasteiger partial charge in [-0.15, -0.1) is 5.10 Å². The highest BCUT2D eigenvalue weighted by atomic mass is 16.2. The van der Waals surface area contributed by atoms with Gasteiger partial charge in [-0.1, -0.05) is 18.6 Å². The fourth-order valence-electron chi connectivity index (χ4n) is 2.14. The molecule has 3 rings (SSSR count). The van der Waals surface area contributed by atoms with Crippen LogP contribution in [0.25, 0.3) is 0 Å². The molecule has 2 N–H and O–H groups in total. The Kier molecular flexibility index (Phi) is 2.58. The van der Waals surface area contributed by atoms with Gasteiger partial charge in [-0.3, -0.25) is 4.79 Å². The molecule has 0 spiro atoms. The minimum absolute atomic E-state index is 0.0931. The van der Waals surface area contributed by atoms with Crippen molar-refractivity contribution in [3.8, 4) is 0 Å². The largest absolute Gasteiger partial charge is 0.348 e. The number of carbonyl (C=O) groups is 1. The lowest BCUT2D eigenvalue weighted by Gasteiger charge is -2.26. The Labute approximate surface area is 99.8 Å². The van der Waals surface area contributed by atoms with E-state index in [9.17, 15) is 4.79 Å². The van der Waals surface area contributed by atoms with Crippen molar-refractivity contribution in [1.82, 2.24) is 25.6 Å². The van der Waals surface area contributed by atoms with Crippen LogP contribution < -0.4 is 10.6 Å². The van der Waals surface area contributed by atoms with Gasteiger partial charge in [-0.2, -0.15) is 0 Å². The second kappa shape index (κ2) is 4.10. The SMILES string of the molecule is CCC1CC1NC(=O)c1cn(C2CNC2)nn1. The average molecular weight is 235 g/mol. The van der Waals surface area contributed by atoms with E-state index in [4.69, 9.17) is 0 Å². The molecule has 17 heavy (non-hydrogen) atoms. The molecule has 0 aromatic carbocycles. The van der Waals surface area contributed by atoms with Crippen LogP contribution in [0.3, 0.4) is 0 Å². The molecular weight excluding hydrogens is 218 g/mol. The molecular formula is C11H17N5O. The van der Waals surface area contributed by atoms with E-state index in [0.717, 1.165) is 25.9 Å². The Bertz CT molecular complexity index is 425. The molecule has 1 aliphatic carbocycles. The summed E-state index contributed by atoms with van der Waals surface area (Å²) in [5.74, 6) is 0.564. The molecule has 0 bridgehead atoms. The summed E-state index contributed by atoms with van der Waals surface area (Å²) in [6, 6.07) is 0.705. The molecule has 2 aliphatic rings. The van der Waals surface area contributed by atoms with Crippen LogP contribution in [0.4, 0.5) is 0 Å². The van der Waals surface area contributed by atoms with Gasteiger partial charge in [0.05, 0.1) is 12.2 Å². The molecule has 0 radical (unpaired) electrons. The standard InChI is InChI=1S/C11H17N5O/c1-2-7-3-9(7)13-11(17)10-6-16(15-14-10)8-4-12-5-8/h6-9,12H,2-5H2,1H3,(H,13,17).